The quantitative estimate of drug-likeness (QED) is 0.912. The van der Waals surface area contributed by atoms with Crippen LogP contribution in [0.15, 0.2) is 24.3 Å². The molecule has 0 bridgehead atoms. The number of hydrogen-bond acceptors (Lipinski definition) is 4. The Morgan fingerprint density at radius 1 is 1.28 bits per heavy atom. The lowest BCUT2D eigenvalue weighted by atomic mass is 9.80. The van der Waals surface area contributed by atoms with Gasteiger partial charge in [-0.1, -0.05) is 12.1 Å². The first kappa shape index (κ1) is 18.2. The Morgan fingerprint density at radius 2 is 2.08 bits per heavy atom. The van der Waals surface area contributed by atoms with E-state index in [1.165, 1.54) is 0 Å². The van der Waals surface area contributed by atoms with E-state index in [9.17, 15) is 4.79 Å². The second-order valence-corrected chi connectivity index (χ2v) is 7.02. The standard InChI is InChI=1S/C19H28N2O4/c1-15(23-2)16-4-3-5-17(12-16)20-18(22)21-8-11-25-14-19(13-21)6-9-24-10-7-19/h3-5,12,15H,6-11,13-14H2,1-2H3,(H,20,22). The average molecular weight is 348 g/mol. The number of nitrogens with one attached hydrogen (secondary N) is 1. The molecule has 1 atom stereocenters. The lowest BCUT2D eigenvalue weighted by molar-refractivity contribution is -0.0292. The normalized spacial score (nSPS) is 21.6. The van der Waals surface area contributed by atoms with Crippen molar-refractivity contribution in [1.82, 2.24) is 4.90 Å². The molecule has 25 heavy (non-hydrogen) atoms. The van der Waals surface area contributed by atoms with Crippen LogP contribution in [0.2, 0.25) is 0 Å². The molecule has 2 heterocycles. The molecule has 6 nitrogen and oxygen atoms in total. The van der Waals surface area contributed by atoms with Crippen LogP contribution in [-0.2, 0) is 14.2 Å². The number of anilines is 1. The molecule has 0 radical (unpaired) electrons. The van der Waals surface area contributed by atoms with Crippen LogP contribution in [0, 0.1) is 5.41 Å². The van der Waals surface area contributed by atoms with Gasteiger partial charge < -0.3 is 24.4 Å². The van der Waals surface area contributed by atoms with E-state index in [1.807, 2.05) is 36.1 Å². The van der Waals surface area contributed by atoms with Gasteiger partial charge in [0.25, 0.3) is 0 Å². The van der Waals surface area contributed by atoms with Gasteiger partial charge in [0, 0.05) is 44.5 Å². The largest absolute Gasteiger partial charge is 0.381 e. The number of methoxy groups -OCH3 is 1. The Morgan fingerprint density at radius 3 is 2.84 bits per heavy atom. The first-order valence-electron chi connectivity index (χ1n) is 8.96. The Bertz CT molecular complexity index is 587. The summed E-state index contributed by atoms with van der Waals surface area (Å²) in [7, 11) is 1.68. The van der Waals surface area contributed by atoms with Crippen LogP contribution in [0.25, 0.3) is 0 Å². The fourth-order valence-corrected chi connectivity index (χ4v) is 3.48. The highest BCUT2D eigenvalue weighted by molar-refractivity contribution is 5.89. The van der Waals surface area contributed by atoms with Crippen molar-refractivity contribution in [2.24, 2.45) is 5.41 Å². The lowest BCUT2D eigenvalue weighted by Gasteiger charge is -2.38. The number of rotatable bonds is 3. The molecule has 0 saturated carbocycles. The van der Waals surface area contributed by atoms with Gasteiger partial charge in [0.1, 0.15) is 0 Å². The summed E-state index contributed by atoms with van der Waals surface area (Å²) in [5, 5.41) is 3.03. The number of nitrogens with zero attached hydrogens (tertiary/aromatic N) is 1. The highest BCUT2D eigenvalue weighted by atomic mass is 16.5. The zero-order valence-corrected chi connectivity index (χ0v) is 15.1. The van der Waals surface area contributed by atoms with Crippen LogP contribution >= 0.6 is 0 Å². The van der Waals surface area contributed by atoms with Gasteiger partial charge in [-0.3, -0.25) is 0 Å². The summed E-state index contributed by atoms with van der Waals surface area (Å²) in [5.41, 5.74) is 1.86. The zero-order chi connectivity index (χ0) is 17.7. The second kappa shape index (κ2) is 8.17. The molecule has 2 aliphatic rings. The van der Waals surface area contributed by atoms with E-state index >= 15 is 0 Å². The fourth-order valence-electron chi connectivity index (χ4n) is 3.48. The molecule has 0 aromatic heterocycles. The number of carbonyl (C=O) groups is 1. The molecule has 2 saturated heterocycles. The van der Waals surface area contributed by atoms with Gasteiger partial charge in [0.05, 0.1) is 19.3 Å². The monoisotopic (exact) mass is 348 g/mol. The summed E-state index contributed by atoms with van der Waals surface area (Å²) >= 11 is 0. The molecule has 0 aliphatic carbocycles. The number of urea groups is 1. The molecule has 1 aromatic carbocycles. The Kier molecular flexibility index (Phi) is 5.93. The molecule has 1 N–H and O–H groups in total. The number of amides is 2. The van der Waals surface area contributed by atoms with Crippen LogP contribution in [-0.4, -0.2) is 57.6 Å². The third-order valence-corrected chi connectivity index (χ3v) is 5.24. The minimum absolute atomic E-state index is 0.00560. The molecule has 1 aromatic rings. The molecule has 138 valence electrons. The smallest absolute Gasteiger partial charge is 0.321 e. The van der Waals surface area contributed by atoms with Crippen LogP contribution in [0.5, 0.6) is 0 Å². The predicted molar refractivity (Wildman–Crippen MR) is 95.8 cm³/mol. The topological polar surface area (TPSA) is 60.0 Å². The first-order chi connectivity index (χ1) is 12.1. The lowest BCUT2D eigenvalue weighted by Crippen LogP contribution is -2.46. The summed E-state index contributed by atoms with van der Waals surface area (Å²) in [6.07, 6.45) is 1.88. The van der Waals surface area contributed by atoms with Crippen molar-refractivity contribution in [2.45, 2.75) is 25.9 Å². The van der Waals surface area contributed by atoms with Crippen molar-refractivity contribution in [2.75, 3.05) is 51.9 Å². The fraction of sp³-hybridized carbons (Fsp3) is 0.632. The van der Waals surface area contributed by atoms with Crippen molar-refractivity contribution in [3.63, 3.8) is 0 Å². The molecule has 6 heteroatoms. The summed E-state index contributed by atoms with van der Waals surface area (Å²) in [6, 6.07) is 7.73. The SMILES string of the molecule is COC(C)c1cccc(NC(=O)N2CCOCC3(CCOCC3)C2)c1. The third-order valence-electron chi connectivity index (χ3n) is 5.24. The molecule has 2 amide bonds. The maximum Gasteiger partial charge on any atom is 0.321 e. The van der Waals surface area contributed by atoms with Gasteiger partial charge >= 0.3 is 6.03 Å². The van der Waals surface area contributed by atoms with E-state index < -0.39 is 0 Å². The van der Waals surface area contributed by atoms with E-state index in [1.54, 1.807) is 7.11 Å². The minimum atomic E-state index is -0.0708. The van der Waals surface area contributed by atoms with Crippen LogP contribution in [0.3, 0.4) is 0 Å². The summed E-state index contributed by atoms with van der Waals surface area (Å²) in [4.78, 5) is 14.7. The molecule has 2 aliphatic heterocycles. The van der Waals surface area contributed by atoms with Crippen LogP contribution in [0.1, 0.15) is 31.4 Å². The Labute approximate surface area is 149 Å². The van der Waals surface area contributed by atoms with Gasteiger partial charge in [-0.2, -0.15) is 0 Å². The maximum atomic E-state index is 12.8. The van der Waals surface area contributed by atoms with E-state index in [0.29, 0.717) is 19.8 Å². The van der Waals surface area contributed by atoms with Gasteiger partial charge in [-0.05, 0) is 37.5 Å². The van der Waals surface area contributed by atoms with E-state index in [-0.39, 0.29) is 17.6 Å². The minimum Gasteiger partial charge on any atom is -0.381 e. The average Bonchev–Trinajstić information content (AvgIpc) is 2.84. The zero-order valence-electron chi connectivity index (χ0n) is 15.1. The summed E-state index contributed by atoms with van der Waals surface area (Å²) in [5.74, 6) is 0. The van der Waals surface area contributed by atoms with E-state index in [2.05, 4.69) is 5.32 Å². The van der Waals surface area contributed by atoms with Gasteiger partial charge in [0.2, 0.25) is 0 Å². The first-order valence-corrected chi connectivity index (χ1v) is 8.96. The molecular weight excluding hydrogens is 320 g/mol. The Hall–Kier alpha value is -1.63. The molecule has 1 spiro atoms. The third kappa shape index (κ3) is 4.51. The van der Waals surface area contributed by atoms with Gasteiger partial charge in [-0.25, -0.2) is 4.79 Å². The number of benzene rings is 1. The van der Waals surface area contributed by atoms with Crippen LogP contribution in [0.4, 0.5) is 10.5 Å². The van der Waals surface area contributed by atoms with Crippen molar-refractivity contribution in [3.05, 3.63) is 29.8 Å². The summed E-state index contributed by atoms with van der Waals surface area (Å²) in [6.45, 7) is 6.10. The van der Waals surface area contributed by atoms with E-state index in [0.717, 1.165) is 43.9 Å². The Balaban J connectivity index is 1.67. The number of ether oxygens (including phenoxy) is 3. The summed E-state index contributed by atoms with van der Waals surface area (Å²) < 4.78 is 16.6. The van der Waals surface area contributed by atoms with Gasteiger partial charge in [-0.15, -0.1) is 0 Å². The number of carbonyl (C=O) groups excluding carboxylic acids is 1. The highest BCUT2D eigenvalue weighted by Crippen LogP contribution is 2.33. The predicted octanol–water partition coefficient (Wildman–Crippen LogP) is 3.05. The molecular formula is C19H28N2O4. The maximum absolute atomic E-state index is 12.8. The van der Waals surface area contributed by atoms with Gasteiger partial charge in [0.15, 0.2) is 0 Å². The van der Waals surface area contributed by atoms with Crippen molar-refractivity contribution >= 4 is 11.7 Å². The van der Waals surface area contributed by atoms with Crippen molar-refractivity contribution < 1.29 is 19.0 Å². The van der Waals surface area contributed by atoms with Crippen LogP contribution < -0.4 is 5.32 Å². The highest BCUT2D eigenvalue weighted by Gasteiger charge is 2.37. The molecule has 1 unspecified atom stereocenters. The van der Waals surface area contributed by atoms with Crippen molar-refractivity contribution in [1.29, 1.82) is 0 Å². The van der Waals surface area contributed by atoms with E-state index in [4.69, 9.17) is 14.2 Å². The molecule has 3 rings (SSSR count). The van der Waals surface area contributed by atoms with Crippen molar-refractivity contribution in [3.8, 4) is 0 Å². The second-order valence-electron chi connectivity index (χ2n) is 7.02. The molecule has 2 fully saturated rings. The number of hydrogen-bond donors (Lipinski definition) is 1.